The molecule has 118 valence electrons. The van der Waals surface area contributed by atoms with Crippen LogP contribution in [0.3, 0.4) is 0 Å². The van der Waals surface area contributed by atoms with Crippen molar-refractivity contribution in [2.75, 3.05) is 13.2 Å². The van der Waals surface area contributed by atoms with Crippen LogP contribution in [0.5, 0.6) is 5.75 Å². The van der Waals surface area contributed by atoms with Gasteiger partial charge in [-0.05, 0) is 49.4 Å². The van der Waals surface area contributed by atoms with Gasteiger partial charge in [0, 0.05) is 18.2 Å². The second kappa shape index (κ2) is 8.90. The monoisotopic (exact) mass is 312 g/mol. The summed E-state index contributed by atoms with van der Waals surface area (Å²) < 4.78 is 5.58. The summed E-state index contributed by atoms with van der Waals surface area (Å²) in [4.78, 5) is 12.1. The highest BCUT2D eigenvalue weighted by molar-refractivity contribution is 5.94. The van der Waals surface area contributed by atoms with E-state index in [4.69, 9.17) is 10.5 Å². The normalized spacial score (nSPS) is 15.0. The lowest BCUT2D eigenvalue weighted by Crippen LogP contribution is -2.41. The molecule has 1 aromatic rings. The zero-order valence-corrected chi connectivity index (χ0v) is 13.3. The third-order valence-electron chi connectivity index (χ3n) is 3.64. The lowest BCUT2D eigenvalue weighted by molar-refractivity contribution is 0.0933. The molecule has 0 aromatic heterocycles. The van der Waals surface area contributed by atoms with E-state index in [1.807, 2.05) is 12.1 Å². The lowest BCUT2D eigenvalue weighted by Gasteiger charge is -2.16. The SMILES string of the molecule is CCCCOc1ccc(C(=O)NC(CN)C2CC2)cc1.Cl. The molecule has 0 heterocycles. The van der Waals surface area contributed by atoms with Gasteiger partial charge in [0.1, 0.15) is 5.75 Å². The average molecular weight is 313 g/mol. The first kappa shape index (κ1) is 17.8. The predicted octanol–water partition coefficient (Wildman–Crippen LogP) is 2.75. The zero-order chi connectivity index (χ0) is 14.4. The highest BCUT2D eigenvalue weighted by Gasteiger charge is 2.31. The minimum Gasteiger partial charge on any atom is -0.494 e. The van der Waals surface area contributed by atoms with E-state index in [-0.39, 0.29) is 24.4 Å². The Hall–Kier alpha value is -1.26. The quantitative estimate of drug-likeness (QED) is 0.725. The van der Waals surface area contributed by atoms with Gasteiger partial charge in [0.15, 0.2) is 0 Å². The number of benzene rings is 1. The van der Waals surface area contributed by atoms with Crippen LogP contribution in [0.15, 0.2) is 24.3 Å². The molecule has 0 spiro atoms. The third kappa shape index (κ3) is 5.56. The van der Waals surface area contributed by atoms with E-state index in [1.54, 1.807) is 12.1 Å². The first-order chi connectivity index (χ1) is 9.74. The van der Waals surface area contributed by atoms with E-state index in [0.717, 1.165) is 25.2 Å². The number of carbonyl (C=O) groups is 1. The topological polar surface area (TPSA) is 64.3 Å². The molecule has 0 radical (unpaired) electrons. The Morgan fingerprint density at radius 2 is 2.05 bits per heavy atom. The summed E-state index contributed by atoms with van der Waals surface area (Å²) in [5, 5.41) is 3.01. The molecule has 0 saturated heterocycles. The van der Waals surface area contributed by atoms with Crippen LogP contribution in [0.2, 0.25) is 0 Å². The van der Waals surface area contributed by atoms with Crippen LogP contribution in [-0.4, -0.2) is 25.1 Å². The van der Waals surface area contributed by atoms with Crippen molar-refractivity contribution < 1.29 is 9.53 Å². The van der Waals surface area contributed by atoms with E-state index in [2.05, 4.69) is 12.2 Å². The molecular weight excluding hydrogens is 288 g/mol. The summed E-state index contributed by atoms with van der Waals surface area (Å²) in [5.74, 6) is 1.33. The number of rotatable bonds is 8. The first-order valence-electron chi connectivity index (χ1n) is 7.48. The smallest absolute Gasteiger partial charge is 0.251 e. The first-order valence-corrected chi connectivity index (χ1v) is 7.48. The maximum atomic E-state index is 12.1. The Kier molecular flexibility index (Phi) is 7.54. The standard InChI is InChI=1S/C16H24N2O2.ClH/c1-2-3-10-20-14-8-6-13(7-9-14)16(19)18-15(11-17)12-4-5-12;/h6-9,12,15H,2-5,10-11,17H2,1H3,(H,18,19);1H. The number of carbonyl (C=O) groups excluding carboxylic acids is 1. The zero-order valence-electron chi connectivity index (χ0n) is 12.5. The molecule has 1 saturated carbocycles. The fraction of sp³-hybridized carbons (Fsp3) is 0.562. The summed E-state index contributed by atoms with van der Waals surface area (Å²) in [5.41, 5.74) is 6.36. The molecule has 1 amide bonds. The summed E-state index contributed by atoms with van der Waals surface area (Å²) in [6.07, 6.45) is 4.50. The molecular formula is C16H25ClN2O2. The number of unbranched alkanes of at least 4 members (excludes halogenated alkanes) is 1. The molecule has 2 rings (SSSR count). The Balaban J connectivity index is 0.00000220. The Bertz CT molecular complexity index is 432. The van der Waals surface area contributed by atoms with Gasteiger partial charge >= 0.3 is 0 Å². The lowest BCUT2D eigenvalue weighted by atomic mass is 10.1. The highest BCUT2D eigenvalue weighted by atomic mass is 35.5. The van der Waals surface area contributed by atoms with Gasteiger partial charge in [-0.3, -0.25) is 4.79 Å². The molecule has 5 heteroatoms. The van der Waals surface area contributed by atoms with E-state index in [0.29, 0.717) is 18.0 Å². The summed E-state index contributed by atoms with van der Waals surface area (Å²) in [6, 6.07) is 7.41. The van der Waals surface area contributed by atoms with E-state index in [1.165, 1.54) is 12.8 Å². The molecule has 1 atom stereocenters. The fourth-order valence-corrected chi connectivity index (χ4v) is 2.16. The van der Waals surface area contributed by atoms with Crippen LogP contribution >= 0.6 is 12.4 Å². The van der Waals surface area contributed by atoms with Crippen molar-refractivity contribution in [3.63, 3.8) is 0 Å². The molecule has 0 aliphatic heterocycles. The Labute approximate surface area is 132 Å². The van der Waals surface area contributed by atoms with Crippen molar-refractivity contribution in [1.29, 1.82) is 0 Å². The van der Waals surface area contributed by atoms with Gasteiger partial charge in [-0.25, -0.2) is 0 Å². The van der Waals surface area contributed by atoms with E-state index in [9.17, 15) is 4.79 Å². The minimum absolute atomic E-state index is 0. The molecule has 3 N–H and O–H groups in total. The van der Waals surface area contributed by atoms with Crippen molar-refractivity contribution in [3.05, 3.63) is 29.8 Å². The molecule has 1 unspecified atom stereocenters. The van der Waals surface area contributed by atoms with Crippen LogP contribution < -0.4 is 15.8 Å². The number of ether oxygens (including phenoxy) is 1. The molecule has 4 nitrogen and oxygen atoms in total. The van der Waals surface area contributed by atoms with Crippen molar-refractivity contribution >= 4 is 18.3 Å². The number of amides is 1. The van der Waals surface area contributed by atoms with Gasteiger partial charge in [0.05, 0.1) is 6.61 Å². The van der Waals surface area contributed by atoms with E-state index < -0.39 is 0 Å². The van der Waals surface area contributed by atoms with Crippen molar-refractivity contribution in [2.24, 2.45) is 11.7 Å². The van der Waals surface area contributed by atoms with Crippen LogP contribution in [0.25, 0.3) is 0 Å². The van der Waals surface area contributed by atoms with Crippen LogP contribution in [0, 0.1) is 5.92 Å². The molecule has 1 aliphatic rings. The Morgan fingerprint density at radius 1 is 1.38 bits per heavy atom. The average Bonchev–Trinajstić information content (AvgIpc) is 3.30. The van der Waals surface area contributed by atoms with Crippen molar-refractivity contribution in [3.8, 4) is 5.75 Å². The second-order valence-electron chi connectivity index (χ2n) is 5.38. The fourth-order valence-electron chi connectivity index (χ4n) is 2.16. The predicted molar refractivity (Wildman–Crippen MR) is 87.1 cm³/mol. The van der Waals surface area contributed by atoms with Gasteiger partial charge in [0.2, 0.25) is 0 Å². The summed E-state index contributed by atoms with van der Waals surface area (Å²) in [6.45, 7) is 3.36. The van der Waals surface area contributed by atoms with Gasteiger partial charge in [0.25, 0.3) is 5.91 Å². The van der Waals surface area contributed by atoms with Gasteiger partial charge in [-0.2, -0.15) is 0 Å². The molecule has 0 bridgehead atoms. The third-order valence-corrected chi connectivity index (χ3v) is 3.64. The van der Waals surface area contributed by atoms with Gasteiger partial charge in [-0.15, -0.1) is 12.4 Å². The number of hydrogen-bond acceptors (Lipinski definition) is 3. The largest absolute Gasteiger partial charge is 0.494 e. The van der Waals surface area contributed by atoms with Crippen molar-refractivity contribution in [2.45, 2.75) is 38.6 Å². The highest BCUT2D eigenvalue weighted by Crippen LogP contribution is 2.32. The molecule has 1 fully saturated rings. The van der Waals surface area contributed by atoms with Crippen LogP contribution in [-0.2, 0) is 0 Å². The second-order valence-corrected chi connectivity index (χ2v) is 5.38. The number of halogens is 1. The van der Waals surface area contributed by atoms with Gasteiger partial charge in [-0.1, -0.05) is 13.3 Å². The van der Waals surface area contributed by atoms with Crippen LogP contribution in [0.1, 0.15) is 43.0 Å². The molecule has 1 aliphatic carbocycles. The molecule has 21 heavy (non-hydrogen) atoms. The van der Waals surface area contributed by atoms with Crippen LogP contribution in [0.4, 0.5) is 0 Å². The van der Waals surface area contributed by atoms with Gasteiger partial charge < -0.3 is 15.8 Å². The molecule has 1 aromatic carbocycles. The Morgan fingerprint density at radius 3 is 2.57 bits per heavy atom. The summed E-state index contributed by atoms with van der Waals surface area (Å²) in [7, 11) is 0. The number of nitrogens with two attached hydrogens (primary N) is 1. The van der Waals surface area contributed by atoms with Crippen molar-refractivity contribution in [1.82, 2.24) is 5.32 Å². The summed E-state index contributed by atoms with van der Waals surface area (Å²) >= 11 is 0. The number of nitrogens with one attached hydrogen (secondary N) is 1. The minimum atomic E-state index is -0.0486. The number of hydrogen-bond donors (Lipinski definition) is 2. The maximum Gasteiger partial charge on any atom is 0.251 e. The van der Waals surface area contributed by atoms with E-state index >= 15 is 0 Å². The maximum absolute atomic E-state index is 12.1.